The van der Waals surface area contributed by atoms with Gasteiger partial charge in [-0.1, -0.05) is 18.7 Å². The number of nitrogen functional groups attached to an aromatic ring is 1. The van der Waals surface area contributed by atoms with Crippen molar-refractivity contribution in [1.29, 1.82) is 5.26 Å². The maximum atomic E-state index is 12.1. The van der Waals surface area contributed by atoms with Crippen molar-refractivity contribution in [3.8, 4) is 6.07 Å². The minimum Gasteiger partial charge on any atom is -0.368 e. The summed E-state index contributed by atoms with van der Waals surface area (Å²) in [6.45, 7) is 1.94. The molecule has 10 heteroatoms. The van der Waals surface area contributed by atoms with Crippen LogP contribution in [-0.2, 0) is 18.4 Å². The molecule has 21 heavy (non-hydrogen) atoms. The molecule has 2 aromatic heterocycles. The Balaban J connectivity index is 2.14. The molecule has 0 saturated carbocycles. The summed E-state index contributed by atoms with van der Waals surface area (Å²) < 4.78 is 2.94. The number of nitrogens with one attached hydrogen (secondary N) is 1. The molecular weight excluding hydrogens is 292 g/mol. The van der Waals surface area contributed by atoms with Gasteiger partial charge >= 0.3 is 0 Å². The number of nitrogens with two attached hydrogens (primary N) is 1. The first kappa shape index (κ1) is 14.9. The number of carbonyl (C=O) groups is 1. The SMILES string of the molecule is CCSc1nnc(N)n1CC(=O)Nc1c(C#N)cnn1C. The number of rotatable bonds is 5. The second-order valence-electron chi connectivity index (χ2n) is 4.05. The van der Waals surface area contributed by atoms with Gasteiger partial charge in [0.1, 0.15) is 24.0 Å². The van der Waals surface area contributed by atoms with Gasteiger partial charge in [0.25, 0.3) is 0 Å². The molecule has 3 N–H and O–H groups in total. The van der Waals surface area contributed by atoms with Crippen molar-refractivity contribution in [3.63, 3.8) is 0 Å². The molecule has 0 bridgehead atoms. The molecule has 0 aromatic carbocycles. The van der Waals surface area contributed by atoms with E-state index in [9.17, 15) is 4.79 Å². The Hall–Kier alpha value is -2.54. The summed E-state index contributed by atoms with van der Waals surface area (Å²) in [7, 11) is 1.64. The Kier molecular flexibility index (Phi) is 4.44. The fourth-order valence-electron chi connectivity index (χ4n) is 1.67. The van der Waals surface area contributed by atoms with E-state index in [2.05, 4.69) is 20.6 Å². The van der Waals surface area contributed by atoms with E-state index in [1.807, 2.05) is 13.0 Å². The van der Waals surface area contributed by atoms with Crippen molar-refractivity contribution in [3.05, 3.63) is 11.8 Å². The third kappa shape index (κ3) is 3.14. The van der Waals surface area contributed by atoms with Gasteiger partial charge in [0.2, 0.25) is 11.9 Å². The molecule has 0 radical (unpaired) electrons. The third-order valence-corrected chi connectivity index (χ3v) is 3.49. The highest BCUT2D eigenvalue weighted by Crippen LogP contribution is 2.18. The number of carbonyl (C=O) groups excluding carboxylic acids is 1. The van der Waals surface area contributed by atoms with Crippen LogP contribution >= 0.6 is 11.8 Å². The molecule has 9 nitrogen and oxygen atoms in total. The van der Waals surface area contributed by atoms with E-state index in [0.29, 0.717) is 16.5 Å². The predicted octanol–water partition coefficient (Wildman–Crippen LogP) is 0.216. The molecule has 1 amide bonds. The monoisotopic (exact) mass is 306 g/mol. The van der Waals surface area contributed by atoms with Gasteiger partial charge in [-0.05, 0) is 5.75 Å². The van der Waals surface area contributed by atoms with E-state index >= 15 is 0 Å². The first-order valence-electron chi connectivity index (χ1n) is 6.10. The normalized spacial score (nSPS) is 10.3. The number of anilines is 2. The van der Waals surface area contributed by atoms with Gasteiger partial charge in [-0.2, -0.15) is 10.4 Å². The Morgan fingerprint density at radius 1 is 1.57 bits per heavy atom. The first-order valence-corrected chi connectivity index (χ1v) is 7.08. The van der Waals surface area contributed by atoms with E-state index in [4.69, 9.17) is 11.0 Å². The molecular formula is C11H14N8OS. The second-order valence-corrected chi connectivity index (χ2v) is 5.28. The lowest BCUT2D eigenvalue weighted by Gasteiger charge is -2.09. The van der Waals surface area contributed by atoms with Crippen LogP contribution in [0.3, 0.4) is 0 Å². The molecule has 0 fully saturated rings. The van der Waals surface area contributed by atoms with E-state index in [0.717, 1.165) is 5.75 Å². The predicted molar refractivity (Wildman–Crippen MR) is 77.4 cm³/mol. The highest BCUT2D eigenvalue weighted by atomic mass is 32.2. The summed E-state index contributed by atoms with van der Waals surface area (Å²) in [6, 6.07) is 1.97. The Morgan fingerprint density at radius 3 is 3.00 bits per heavy atom. The number of nitrogens with zero attached hydrogens (tertiary/aromatic N) is 6. The molecule has 0 atom stereocenters. The lowest BCUT2D eigenvalue weighted by Crippen LogP contribution is -2.22. The molecule has 0 saturated heterocycles. The lowest BCUT2D eigenvalue weighted by molar-refractivity contribution is -0.116. The van der Waals surface area contributed by atoms with Crippen molar-refractivity contribution in [1.82, 2.24) is 24.5 Å². The van der Waals surface area contributed by atoms with E-state index in [-0.39, 0.29) is 18.4 Å². The Labute approximate surface area is 125 Å². The largest absolute Gasteiger partial charge is 0.368 e. The van der Waals surface area contributed by atoms with Crippen molar-refractivity contribution in [2.75, 3.05) is 16.8 Å². The van der Waals surface area contributed by atoms with Crippen LogP contribution in [0.15, 0.2) is 11.4 Å². The van der Waals surface area contributed by atoms with Crippen LogP contribution in [0.5, 0.6) is 0 Å². The average molecular weight is 306 g/mol. The summed E-state index contributed by atoms with van der Waals surface area (Å²) in [4.78, 5) is 12.1. The summed E-state index contributed by atoms with van der Waals surface area (Å²) in [5.41, 5.74) is 6.00. The fourth-order valence-corrected chi connectivity index (χ4v) is 2.34. The maximum Gasteiger partial charge on any atom is 0.245 e. The molecule has 0 aliphatic rings. The van der Waals surface area contributed by atoms with Gasteiger partial charge in [-0.3, -0.25) is 14.0 Å². The van der Waals surface area contributed by atoms with Crippen LogP contribution < -0.4 is 11.1 Å². The average Bonchev–Trinajstić information content (AvgIpc) is 2.97. The zero-order chi connectivity index (χ0) is 15.4. The molecule has 2 aromatic rings. The van der Waals surface area contributed by atoms with Crippen molar-refractivity contribution in [2.45, 2.75) is 18.6 Å². The quantitative estimate of drug-likeness (QED) is 0.756. The molecule has 110 valence electrons. The smallest absolute Gasteiger partial charge is 0.245 e. The number of aromatic nitrogens is 5. The van der Waals surface area contributed by atoms with E-state index in [1.54, 1.807) is 7.05 Å². The van der Waals surface area contributed by atoms with Crippen LogP contribution in [0.4, 0.5) is 11.8 Å². The highest BCUT2D eigenvalue weighted by molar-refractivity contribution is 7.99. The Morgan fingerprint density at radius 2 is 2.33 bits per heavy atom. The third-order valence-electron chi connectivity index (χ3n) is 2.64. The molecule has 2 rings (SSSR count). The first-order chi connectivity index (χ1) is 10.1. The minimum absolute atomic E-state index is 0.0305. The molecule has 0 aliphatic carbocycles. The van der Waals surface area contributed by atoms with Gasteiger partial charge in [0.05, 0.1) is 6.20 Å². The highest BCUT2D eigenvalue weighted by Gasteiger charge is 2.16. The van der Waals surface area contributed by atoms with Gasteiger partial charge in [0.15, 0.2) is 5.16 Å². The Bertz CT molecular complexity index is 698. The number of hydrogen-bond donors (Lipinski definition) is 2. The van der Waals surface area contributed by atoms with Gasteiger partial charge < -0.3 is 11.1 Å². The van der Waals surface area contributed by atoms with Crippen molar-refractivity contribution < 1.29 is 4.79 Å². The summed E-state index contributed by atoms with van der Waals surface area (Å²) in [5, 5.41) is 23.8. The van der Waals surface area contributed by atoms with E-state index in [1.165, 1.54) is 27.2 Å². The van der Waals surface area contributed by atoms with Crippen LogP contribution in [0.2, 0.25) is 0 Å². The molecule has 0 aliphatic heterocycles. The number of hydrogen-bond acceptors (Lipinski definition) is 7. The van der Waals surface area contributed by atoms with Crippen molar-refractivity contribution in [2.24, 2.45) is 7.05 Å². The number of thioether (sulfide) groups is 1. The van der Waals surface area contributed by atoms with Gasteiger partial charge in [-0.15, -0.1) is 10.2 Å². The van der Waals surface area contributed by atoms with Crippen molar-refractivity contribution >= 4 is 29.4 Å². The van der Waals surface area contributed by atoms with Crippen LogP contribution in [0.25, 0.3) is 0 Å². The molecule has 0 unspecified atom stereocenters. The summed E-state index contributed by atoms with van der Waals surface area (Å²) >= 11 is 1.44. The number of amides is 1. The molecule has 2 heterocycles. The summed E-state index contributed by atoms with van der Waals surface area (Å²) in [5.74, 6) is 0.977. The van der Waals surface area contributed by atoms with Gasteiger partial charge in [-0.25, -0.2) is 0 Å². The minimum atomic E-state index is -0.334. The molecule has 0 spiro atoms. The second kappa shape index (κ2) is 6.27. The zero-order valence-corrected chi connectivity index (χ0v) is 12.4. The summed E-state index contributed by atoms with van der Waals surface area (Å²) in [6.07, 6.45) is 1.39. The lowest BCUT2D eigenvalue weighted by atomic mass is 10.3. The zero-order valence-electron chi connectivity index (χ0n) is 11.6. The van der Waals surface area contributed by atoms with Crippen LogP contribution in [0.1, 0.15) is 12.5 Å². The van der Waals surface area contributed by atoms with E-state index < -0.39 is 0 Å². The topological polar surface area (TPSA) is 127 Å². The fraction of sp³-hybridized carbons (Fsp3) is 0.364. The van der Waals surface area contributed by atoms with Gasteiger partial charge in [0, 0.05) is 7.05 Å². The maximum absolute atomic E-state index is 12.1. The van der Waals surface area contributed by atoms with Crippen LogP contribution in [0, 0.1) is 11.3 Å². The standard InChI is InChI=1S/C11H14N8OS/c1-3-21-11-17-16-10(13)19(11)6-8(20)15-9-7(4-12)5-14-18(9)2/h5H,3,6H2,1-2H3,(H2,13,16)(H,15,20). The number of nitriles is 1. The number of aryl methyl sites for hydroxylation is 1. The van der Waals surface area contributed by atoms with Crippen LogP contribution in [-0.4, -0.2) is 36.2 Å².